The molecule has 0 aliphatic heterocycles. The second kappa shape index (κ2) is 6.72. The van der Waals surface area contributed by atoms with Crippen LogP contribution in [-0.2, 0) is 0 Å². The summed E-state index contributed by atoms with van der Waals surface area (Å²) in [5.41, 5.74) is 7.64. The lowest BCUT2D eigenvalue weighted by molar-refractivity contribution is 0.127. The van der Waals surface area contributed by atoms with E-state index in [2.05, 4.69) is 28.5 Å². The van der Waals surface area contributed by atoms with E-state index in [-0.39, 0.29) is 12.0 Å². The van der Waals surface area contributed by atoms with Crippen molar-refractivity contribution in [2.45, 2.75) is 33.6 Å². The number of aliphatic hydroxyl groups excluding tert-OH is 1. The quantitative estimate of drug-likeness (QED) is 0.726. The second-order valence-corrected chi connectivity index (χ2v) is 7.08. The number of hydrogen-bond acceptors (Lipinski definition) is 7. The summed E-state index contributed by atoms with van der Waals surface area (Å²) in [6.07, 6.45) is 1.85. The number of hydrogen-bond donors (Lipinski definition) is 3. The highest BCUT2D eigenvalue weighted by Gasteiger charge is 2.26. The van der Waals surface area contributed by atoms with Gasteiger partial charge in [-0.05, 0) is 31.3 Å². The first-order valence-electron chi connectivity index (χ1n) is 7.07. The van der Waals surface area contributed by atoms with Crippen molar-refractivity contribution < 1.29 is 5.11 Å². The fraction of sp³-hybridized carbons (Fsp3) is 0.571. The molecule has 0 spiro atoms. The monoisotopic (exact) mass is 326 g/mol. The number of nitrogens with two attached hydrogens (primary N) is 1. The van der Waals surface area contributed by atoms with Crippen molar-refractivity contribution in [1.29, 1.82) is 0 Å². The van der Waals surface area contributed by atoms with Crippen molar-refractivity contribution >= 4 is 33.7 Å². The highest BCUT2D eigenvalue weighted by molar-refractivity contribution is 7.11. The molecule has 21 heavy (non-hydrogen) atoms. The number of aromatic nitrogens is 2. The summed E-state index contributed by atoms with van der Waals surface area (Å²) in [6, 6.07) is 0. The van der Waals surface area contributed by atoms with Crippen LogP contribution in [0.1, 0.15) is 31.7 Å². The van der Waals surface area contributed by atoms with Gasteiger partial charge in [0.1, 0.15) is 10.8 Å². The molecular formula is C14H22N4OS2. The Morgan fingerprint density at radius 1 is 1.38 bits per heavy atom. The molecule has 0 saturated heterocycles. The molecule has 0 unspecified atom stereocenters. The summed E-state index contributed by atoms with van der Waals surface area (Å²) in [5, 5.41) is 17.0. The van der Waals surface area contributed by atoms with Crippen LogP contribution in [0, 0.1) is 12.3 Å². The van der Waals surface area contributed by atoms with Gasteiger partial charge < -0.3 is 16.2 Å². The molecule has 5 nitrogen and oxygen atoms in total. The van der Waals surface area contributed by atoms with Gasteiger partial charge in [-0.3, -0.25) is 0 Å². The highest BCUT2D eigenvalue weighted by Crippen LogP contribution is 2.38. The molecule has 2 aromatic heterocycles. The van der Waals surface area contributed by atoms with Crippen LogP contribution in [0.25, 0.3) is 11.3 Å². The van der Waals surface area contributed by atoms with Gasteiger partial charge in [0.15, 0.2) is 0 Å². The maximum atomic E-state index is 9.66. The minimum atomic E-state index is -0.103. The van der Waals surface area contributed by atoms with E-state index in [1.165, 1.54) is 11.5 Å². The third kappa shape index (κ3) is 3.36. The van der Waals surface area contributed by atoms with Gasteiger partial charge in [0.25, 0.3) is 0 Å². The van der Waals surface area contributed by atoms with Gasteiger partial charge in [0.05, 0.1) is 22.9 Å². The molecular weight excluding hydrogens is 304 g/mol. The van der Waals surface area contributed by atoms with Crippen LogP contribution < -0.4 is 11.1 Å². The number of anilines is 2. The van der Waals surface area contributed by atoms with Crippen LogP contribution >= 0.6 is 22.9 Å². The van der Waals surface area contributed by atoms with Gasteiger partial charge in [0, 0.05) is 17.3 Å². The van der Waals surface area contributed by atoms with Gasteiger partial charge in [-0.15, -0.1) is 11.3 Å². The van der Waals surface area contributed by atoms with Gasteiger partial charge in [-0.25, -0.2) is 4.98 Å². The summed E-state index contributed by atoms with van der Waals surface area (Å²) >= 11 is 2.95. The minimum Gasteiger partial charge on any atom is -0.396 e. The Labute approximate surface area is 133 Å². The van der Waals surface area contributed by atoms with Gasteiger partial charge >= 0.3 is 0 Å². The minimum absolute atomic E-state index is 0.103. The van der Waals surface area contributed by atoms with E-state index >= 15 is 0 Å². The van der Waals surface area contributed by atoms with Crippen molar-refractivity contribution in [2.75, 3.05) is 24.2 Å². The van der Waals surface area contributed by atoms with E-state index in [4.69, 9.17) is 5.73 Å². The molecule has 7 heteroatoms. The first-order valence-corrected chi connectivity index (χ1v) is 8.73. The molecule has 0 amide bonds. The largest absolute Gasteiger partial charge is 0.396 e. The lowest BCUT2D eigenvalue weighted by Gasteiger charge is -2.29. The number of thiazole rings is 1. The lowest BCUT2D eigenvalue weighted by Crippen LogP contribution is -2.32. The van der Waals surface area contributed by atoms with E-state index in [1.807, 2.05) is 12.3 Å². The first kappa shape index (κ1) is 16.2. The summed E-state index contributed by atoms with van der Waals surface area (Å²) in [4.78, 5) is 4.50. The Balaban J connectivity index is 2.22. The van der Waals surface area contributed by atoms with Crippen LogP contribution in [0.4, 0.5) is 10.8 Å². The molecule has 4 N–H and O–H groups in total. The molecule has 116 valence electrons. The summed E-state index contributed by atoms with van der Waals surface area (Å²) in [7, 11) is 0. The predicted molar refractivity (Wildman–Crippen MR) is 91.0 cm³/mol. The zero-order chi connectivity index (χ0) is 15.5. The van der Waals surface area contributed by atoms with Crippen LogP contribution in [0.15, 0.2) is 5.38 Å². The maximum Gasteiger partial charge on any atom is 0.148 e. The Morgan fingerprint density at radius 3 is 2.62 bits per heavy atom. The van der Waals surface area contributed by atoms with E-state index in [0.29, 0.717) is 12.4 Å². The number of rotatable bonds is 7. The first-order chi connectivity index (χ1) is 10.0. The van der Waals surface area contributed by atoms with Gasteiger partial charge in [0.2, 0.25) is 0 Å². The molecule has 0 atom stereocenters. The molecule has 0 radical (unpaired) electrons. The molecule has 0 fully saturated rings. The number of aryl methyl sites for hydroxylation is 1. The van der Waals surface area contributed by atoms with Crippen molar-refractivity contribution in [3.05, 3.63) is 10.4 Å². The van der Waals surface area contributed by atoms with E-state index < -0.39 is 0 Å². The van der Waals surface area contributed by atoms with Crippen LogP contribution in [0.2, 0.25) is 0 Å². The zero-order valence-electron chi connectivity index (χ0n) is 12.6. The Hall–Kier alpha value is -1.18. The topological polar surface area (TPSA) is 84.1 Å². The molecule has 2 aromatic rings. The molecule has 0 bridgehead atoms. The Morgan fingerprint density at radius 2 is 2.10 bits per heavy atom. The smallest absolute Gasteiger partial charge is 0.148 e. The van der Waals surface area contributed by atoms with Crippen LogP contribution in [-0.4, -0.2) is 27.6 Å². The molecule has 0 aliphatic rings. The van der Waals surface area contributed by atoms with Gasteiger partial charge in [-0.1, -0.05) is 13.8 Å². The van der Waals surface area contributed by atoms with Crippen LogP contribution in [0.5, 0.6) is 0 Å². The number of nitrogen functional groups attached to an aromatic ring is 1. The highest BCUT2D eigenvalue weighted by atomic mass is 32.1. The Kier molecular flexibility index (Phi) is 5.18. The third-order valence-corrected chi connectivity index (χ3v) is 5.65. The van der Waals surface area contributed by atoms with Crippen molar-refractivity contribution in [3.63, 3.8) is 0 Å². The normalized spacial score (nSPS) is 11.8. The molecule has 2 heterocycles. The number of nitrogens with one attached hydrogen (secondary N) is 1. The number of aliphatic hydroxyl groups is 1. The molecule has 0 aromatic carbocycles. The van der Waals surface area contributed by atoms with E-state index in [9.17, 15) is 5.11 Å². The SMILES string of the molecule is CCC(CC)(CO)CNc1snc(N)c1-c1csc(C)n1. The fourth-order valence-corrected chi connectivity index (χ4v) is 3.52. The van der Waals surface area contributed by atoms with E-state index in [0.717, 1.165) is 34.1 Å². The summed E-state index contributed by atoms with van der Waals surface area (Å²) in [5.74, 6) is 0.510. The molecule has 0 saturated carbocycles. The van der Waals surface area contributed by atoms with Crippen molar-refractivity contribution in [2.24, 2.45) is 5.41 Å². The fourth-order valence-electron chi connectivity index (χ4n) is 2.20. The van der Waals surface area contributed by atoms with Gasteiger partial charge in [-0.2, -0.15) is 4.37 Å². The zero-order valence-corrected chi connectivity index (χ0v) is 14.3. The average molecular weight is 326 g/mol. The summed E-state index contributed by atoms with van der Waals surface area (Å²) < 4.78 is 4.24. The van der Waals surface area contributed by atoms with E-state index in [1.54, 1.807) is 11.3 Å². The summed E-state index contributed by atoms with van der Waals surface area (Å²) in [6.45, 7) is 7.06. The Bertz CT molecular complexity index is 581. The molecule has 0 aliphatic carbocycles. The number of nitrogens with zero attached hydrogens (tertiary/aromatic N) is 2. The lowest BCUT2D eigenvalue weighted by atomic mass is 9.83. The average Bonchev–Trinajstić information content (AvgIpc) is 3.07. The van der Waals surface area contributed by atoms with Crippen molar-refractivity contribution in [3.8, 4) is 11.3 Å². The predicted octanol–water partition coefficient (Wildman–Crippen LogP) is 3.37. The second-order valence-electron chi connectivity index (χ2n) is 5.24. The third-order valence-electron chi connectivity index (χ3n) is 4.05. The standard InChI is InChI=1S/C14H22N4OS2/c1-4-14(5-2,8-19)7-16-13-11(12(15)18-21-13)10-6-20-9(3)17-10/h6,16,19H,4-5,7-8H2,1-3H3,(H2,15,18). The molecule has 2 rings (SSSR count). The van der Waals surface area contributed by atoms with Crippen LogP contribution in [0.3, 0.4) is 0 Å². The van der Waals surface area contributed by atoms with Crippen molar-refractivity contribution in [1.82, 2.24) is 9.36 Å². The maximum absolute atomic E-state index is 9.66.